The van der Waals surface area contributed by atoms with Gasteiger partial charge in [0, 0.05) is 24.3 Å². The van der Waals surface area contributed by atoms with E-state index in [1.807, 2.05) is 30.3 Å². The van der Waals surface area contributed by atoms with Crippen LogP contribution in [0.15, 0.2) is 48.7 Å². The summed E-state index contributed by atoms with van der Waals surface area (Å²) in [4.78, 5) is 4.27. The van der Waals surface area contributed by atoms with Gasteiger partial charge in [-0.1, -0.05) is 24.3 Å². The first-order valence-electron chi connectivity index (χ1n) is 6.76. The predicted molar refractivity (Wildman–Crippen MR) is 74.9 cm³/mol. The van der Waals surface area contributed by atoms with Crippen LogP contribution in [0.2, 0.25) is 0 Å². The maximum Gasteiger partial charge on any atom is 0.130 e. The van der Waals surface area contributed by atoms with Crippen molar-refractivity contribution >= 4 is 0 Å². The van der Waals surface area contributed by atoms with Crippen LogP contribution in [0.25, 0.3) is 0 Å². The van der Waals surface area contributed by atoms with E-state index in [4.69, 9.17) is 4.74 Å². The van der Waals surface area contributed by atoms with E-state index in [0.29, 0.717) is 12.6 Å². The molecule has 1 heterocycles. The molecule has 1 aliphatic rings. The second-order valence-corrected chi connectivity index (χ2v) is 4.87. The minimum atomic E-state index is 0.515. The average Bonchev–Trinajstić information content (AvgIpc) is 3.29. The zero-order valence-corrected chi connectivity index (χ0v) is 10.9. The molecule has 0 bridgehead atoms. The largest absolute Gasteiger partial charge is 0.487 e. The number of benzene rings is 1. The van der Waals surface area contributed by atoms with E-state index in [2.05, 4.69) is 22.4 Å². The van der Waals surface area contributed by atoms with Gasteiger partial charge in [-0.15, -0.1) is 0 Å². The molecule has 3 heteroatoms. The van der Waals surface area contributed by atoms with Crippen LogP contribution in [0.1, 0.15) is 24.1 Å². The molecule has 1 fully saturated rings. The number of hydrogen-bond donors (Lipinski definition) is 1. The third-order valence-corrected chi connectivity index (χ3v) is 3.23. The summed E-state index contributed by atoms with van der Waals surface area (Å²) in [5, 5.41) is 3.52. The molecule has 19 heavy (non-hydrogen) atoms. The molecule has 0 unspecified atom stereocenters. The summed E-state index contributed by atoms with van der Waals surface area (Å²) >= 11 is 0. The van der Waals surface area contributed by atoms with Gasteiger partial charge in [-0.25, -0.2) is 0 Å². The van der Waals surface area contributed by atoms with Crippen LogP contribution in [-0.2, 0) is 13.2 Å². The van der Waals surface area contributed by atoms with Crippen molar-refractivity contribution in [1.82, 2.24) is 10.3 Å². The summed E-state index contributed by atoms with van der Waals surface area (Å²) in [6.07, 6.45) is 4.40. The number of nitrogens with zero attached hydrogens (tertiary/aromatic N) is 1. The zero-order valence-electron chi connectivity index (χ0n) is 10.9. The van der Waals surface area contributed by atoms with E-state index in [0.717, 1.165) is 18.0 Å². The topological polar surface area (TPSA) is 34.1 Å². The molecule has 2 aromatic rings. The molecule has 98 valence electrons. The highest BCUT2D eigenvalue weighted by Gasteiger charge is 2.20. The molecule has 3 nitrogen and oxygen atoms in total. The summed E-state index contributed by atoms with van der Waals surface area (Å²) in [7, 11) is 0. The summed E-state index contributed by atoms with van der Waals surface area (Å²) < 4.78 is 5.87. The van der Waals surface area contributed by atoms with Gasteiger partial charge in [0.1, 0.15) is 12.4 Å². The summed E-state index contributed by atoms with van der Waals surface area (Å²) in [5.74, 6) is 0.946. The van der Waals surface area contributed by atoms with E-state index < -0.39 is 0 Å². The van der Waals surface area contributed by atoms with Gasteiger partial charge >= 0.3 is 0 Å². The first-order chi connectivity index (χ1) is 9.42. The van der Waals surface area contributed by atoms with Crippen LogP contribution in [-0.4, -0.2) is 11.0 Å². The lowest BCUT2D eigenvalue weighted by atomic mass is 10.2. The number of rotatable bonds is 6. The molecule has 1 N–H and O–H groups in total. The van der Waals surface area contributed by atoms with Crippen molar-refractivity contribution in [3.05, 3.63) is 59.9 Å². The van der Waals surface area contributed by atoms with Gasteiger partial charge in [0.15, 0.2) is 0 Å². The fraction of sp³-hybridized carbons (Fsp3) is 0.312. The first-order valence-corrected chi connectivity index (χ1v) is 6.76. The molecule has 3 rings (SSSR count). The van der Waals surface area contributed by atoms with Gasteiger partial charge in [-0.2, -0.15) is 0 Å². The summed E-state index contributed by atoms with van der Waals surface area (Å²) in [6.45, 7) is 1.39. The van der Waals surface area contributed by atoms with Crippen molar-refractivity contribution in [2.24, 2.45) is 0 Å². The lowest BCUT2D eigenvalue weighted by molar-refractivity contribution is 0.297. The Bertz CT molecular complexity index is 523. The molecule has 0 amide bonds. The fourth-order valence-electron chi connectivity index (χ4n) is 1.97. The van der Waals surface area contributed by atoms with Gasteiger partial charge in [0.25, 0.3) is 0 Å². The minimum absolute atomic E-state index is 0.515. The van der Waals surface area contributed by atoms with Gasteiger partial charge in [0.05, 0.1) is 5.69 Å². The van der Waals surface area contributed by atoms with Crippen LogP contribution in [0, 0.1) is 0 Å². The Morgan fingerprint density at radius 2 is 1.95 bits per heavy atom. The molecule has 0 spiro atoms. The second-order valence-electron chi connectivity index (χ2n) is 4.87. The van der Waals surface area contributed by atoms with Crippen LogP contribution in [0.3, 0.4) is 0 Å². The number of para-hydroxylation sites is 1. The Balaban J connectivity index is 1.62. The smallest absolute Gasteiger partial charge is 0.130 e. The van der Waals surface area contributed by atoms with Gasteiger partial charge in [0.2, 0.25) is 0 Å². The number of ether oxygens (including phenoxy) is 1. The molecule has 1 aliphatic carbocycles. The van der Waals surface area contributed by atoms with Crippen molar-refractivity contribution in [3.63, 3.8) is 0 Å². The van der Waals surface area contributed by atoms with Crippen molar-refractivity contribution in [1.29, 1.82) is 0 Å². The van der Waals surface area contributed by atoms with E-state index in [-0.39, 0.29) is 0 Å². The number of pyridine rings is 1. The van der Waals surface area contributed by atoms with Gasteiger partial charge in [-0.3, -0.25) is 4.98 Å². The average molecular weight is 254 g/mol. The quantitative estimate of drug-likeness (QED) is 0.860. The molecule has 0 atom stereocenters. The highest BCUT2D eigenvalue weighted by Crippen LogP contribution is 2.23. The minimum Gasteiger partial charge on any atom is -0.487 e. The maximum atomic E-state index is 5.87. The van der Waals surface area contributed by atoms with Crippen molar-refractivity contribution in [2.45, 2.75) is 32.0 Å². The normalized spacial score (nSPS) is 14.3. The number of hydrogen-bond acceptors (Lipinski definition) is 3. The second kappa shape index (κ2) is 5.85. The molecule has 0 aliphatic heterocycles. The fourth-order valence-corrected chi connectivity index (χ4v) is 1.97. The van der Waals surface area contributed by atoms with Crippen LogP contribution in [0.5, 0.6) is 5.75 Å². The molecular formula is C16H18N2O. The molecule has 0 saturated heterocycles. The standard InChI is InChI=1S/C16H18N2O/c1-2-7-16(13(5-1)11-18-14-8-9-14)19-12-15-6-3-4-10-17-15/h1-7,10,14,18H,8-9,11-12H2. The van der Waals surface area contributed by atoms with E-state index in [9.17, 15) is 0 Å². The first kappa shape index (κ1) is 12.2. The molecule has 0 radical (unpaired) electrons. The highest BCUT2D eigenvalue weighted by atomic mass is 16.5. The van der Waals surface area contributed by atoms with Crippen LogP contribution in [0.4, 0.5) is 0 Å². The SMILES string of the molecule is c1ccc(COc2ccccc2CNC2CC2)nc1. The monoisotopic (exact) mass is 254 g/mol. The lowest BCUT2D eigenvalue weighted by Crippen LogP contribution is -2.16. The lowest BCUT2D eigenvalue weighted by Gasteiger charge is -2.11. The van der Waals surface area contributed by atoms with Crippen LogP contribution >= 0.6 is 0 Å². The van der Waals surface area contributed by atoms with Gasteiger partial charge in [-0.05, 0) is 31.0 Å². The highest BCUT2D eigenvalue weighted by molar-refractivity contribution is 5.33. The summed E-state index contributed by atoms with van der Waals surface area (Å²) in [5.41, 5.74) is 2.16. The zero-order chi connectivity index (χ0) is 12.9. The molecule has 1 aromatic heterocycles. The predicted octanol–water partition coefficient (Wildman–Crippen LogP) is 2.91. The van der Waals surface area contributed by atoms with E-state index in [1.54, 1.807) is 6.20 Å². The summed E-state index contributed by atoms with van der Waals surface area (Å²) in [6, 6.07) is 14.8. The van der Waals surface area contributed by atoms with Crippen molar-refractivity contribution in [3.8, 4) is 5.75 Å². The Labute approximate surface area is 113 Å². The maximum absolute atomic E-state index is 5.87. The van der Waals surface area contributed by atoms with Crippen molar-refractivity contribution in [2.75, 3.05) is 0 Å². The number of nitrogens with one attached hydrogen (secondary N) is 1. The number of aromatic nitrogens is 1. The molecular weight excluding hydrogens is 236 g/mol. The van der Waals surface area contributed by atoms with E-state index in [1.165, 1.54) is 18.4 Å². The third-order valence-electron chi connectivity index (χ3n) is 3.23. The van der Waals surface area contributed by atoms with Gasteiger partial charge < -0.3 is 10.1 Å². The Kier molecular flexibility index (Phi) is 3.75. The molecule has 1 saturated carbocycles. The van der Waals surface area contributed by atoms with Crippen LogP contribution < -0.4 is 10.1 Å². The Hall–Kier alpha value is -1.87. The van der Waals surface area contributed by atoms with E-state index >= 15 is 0 Å². The third kappa shape index (κ3) is 3.55. The van der Waals surface area contributed by atoms with Crippen molar-refractivity contribution < 1.29 is 4.74 Å². The Morgan fingerprint density at radius 1 is 1.11 bits per heavy atom. The Morgan fingerprint density at radius 3 is 2.74 bits per heavy atom. The molecule has 1 aromatic carbocycles.